The maximum Gasteiger partial charge on any atom is 0.326 e. The van der Waals surface area contributed by atoms with Gasteiger partial charge in [-0.05, 0) is 19.3 Å². The highest BCUT2D eigenvalue weighted by atomic mass is 16.5. The summed E-state index contributed by atoms with van der Waals surface area (Å²) in [6.07, 6.45) is 16.7. The van der Waals surface area contributed by atoms with Crippen molar-refractivity contribution < 1.29 is 33.8 Å². The molecule has 1 aromatic rings. The van der Waals surface area contributed by atoms with Crippen molar-refractivity contribution in [3.63, 3.8) is 0 Å². The first-order valence-electron chi connectivity index (χ1n) is 16.1. The van der Waals surface area contributed by atoms with Gasteiger partial charge in [0.1, 0.15) is 12.6 Å². The number of aryl methyl sites for hydroxylation is 1. The number of aliphatic carboxylic acids is 1. The fourth-order valence-electron chi connectivity index (χ4n) is 4.46. The fraction of sp³-hybridized carbons (Fsp3) is 0.833. The lowest BCUT2D eigenvalue weighted by atomic mass is 10.0. The van der Waals surface area contributed by atoms with Crippen LogP contribution in [0.4, 0.5) is 0 Å². The molecule has 1 rings (SSSR count). The zero-order valence-corrected chi connectivity index (χ0v) is 26.1. The van der Waals surface area contributed by atoms with Crippen molar-refractivity contribution in [2.45, 2.75) is 129 Å². The number of rotatable bonds is 30. The lowest BCUT2D eigenvalue weighted by molar-refractivity contribution is -0.142. The van der Waals surface area contributed by atoms with E-state index >= 15 is 0 Å². The molecule has 0 fully saturated rings. The van der Waals surface area contributed by atoms with Gasteiger partial charge in [-0.15, -0.1) is 10.2 Å². The van der Waals surface area contributed by atoms with E-state index in [1.165, 1.54) is 51.4 Å². The molecule has 0 aliphatic rings. The number of carboxylic acids is 1. The van der Waals surface area contributed by atoms with Gasteiger partial charge in [0.05, 0.1) is 19.8 Å². The molecule has 1 unspecified atom stereocenters. The monoisotopic (exact) mass is 610 g/mol. The molecule has 0 aromatic carbocycles. The summed E-state index contributed by atoms with van der Waals surface area (Å²) in [5.74, 6) is -0.915. The van der Waals surface area contributed by atoms with Gasteiger partial charge in [-0.1, -0.05) is 82.8 Å². The second-order valence-electron chi connectivity index (χ2n) is 10.8. The first-order chi connectivity index (χ1) is 20.9. The summed E-state index contributed by atoms with van der Waals surface area (Å²) in [5, 5.41) is 28.6. The van der Waals surface area contributed by atoms with E-state index in [1.807, 2.05) is 0 Å². The second-order valence-corrected chi connectivity index (χ2v) is 10.8. The van der Waals surface area contributed by atoms with Gasteiger partial charge < -0.3 is 25.2 Å². The number of H-pyrrole nitrogens is 1. The molecular weight excluding hydrogens is 556 g/mol. The van der Waals surface area contributed by atoms with Gasteiger partial charge in [-0.25, -0.2) is 4.79 Å². The number of nitrogens with one attached hydrogen (secondary N) is 3. The van der Waals surface area contributed by atoms with Crippen molar-refractivity contribution in [2.24, 2.45) is 0 Å². The number of aromatic nitrogens is 4. The number of carboxylic acid groups (broad SMARTS) is 1. The molecule has 1 aromatic heterocycles. The summed E-state index contributed by atoms with van der Waals surface area (Å²) in [4.78, 5) is 46.9. The highest BCUT2D eigenvalue weighted by Gasteiger charge is 2.20. The topological polar surface area (TPSA) is 185 Å². The van der Waals surface area contributed by atoms with E-state index in [9.17, 15) is 24.3 Å². The molecule has 246 valence electrons. The Balaban J connectivity index is 1.92. The van der Waals surface area contributed by atoms with Gasteiger partial charge in [-0.3, -0.25) is 14.4 Å². The van der Waals surface area contributed by atoms with Gasteiger partial charge in [0.15, 0.2) is 11.6 Å². The van der Waals surface area contributed by atoms with Crippen LogP contribution in [0.1, 0.15) is 122 Å². The number of ether oxygens (including phenoxy) is 2. The SMILES string of the molecule is CCC(=O)COCCOCCNC(=O)CCC(NC(=O)CCCCCCCCCCCCCCCc1nn[nH]n1)C(=O)O. The summed E-state index contributed by atoms with van der Waals surface area (Å²) < 4.78 is 10.5. The Morgan fingerprint density at radius 2 is 1.40 bits per heavy atom. The highest BCUT2D eigenvalue weighted by Crippen LogP contribution is 2.13. The molecule has 0 spiro atoms. The van der Waals surface area contributed by atoms with Crippen LogP contribution in [0.5, 0.6) is 0 Å². The number of tetrazole rings is 1. The minimum Gasteiger partial charge on any atom is -0.480 e. The molecule has 0 bridgehead atoms. The smallest absolute Gasteiger partial charge is 0.326 e. The fourth-order valence-corrected chi connectivity index (χ4v) is 4.46. The molecule has 0 saturated heterocycles. The lowest BCUT2D eigenvalue weighted by Gasteiger charge is -2.14. The largest absolute Gasteiger partial charge is 0.480 e. The van der Waals surface area contributed by atoms with E-state index in [2.05, 4.69) is 31.3 Å². The molecule has 0 radical (unpaired) electrons. The van der Waals surface area contributed by atoms with E-state index in [-0.39, 0.29) is 50.2 Å². The number of amides is 2. The molecular formula is C30H54N6O7. The Kier molecular flexibility index (Phi) is 23.6. The molecule has 43 heavy (non-hydrogen) atoms. The summed E-state index contributed by atoms with van der Waals surface area (Å²) in [6.45, 7) is 3.02. The summed E-state index contributed by atoms with van der Waals surface area (Å²) >= 11 is 0. The molecule has 2 amide bonds. The minimum atomic E-state index is -1.15. The average Bonchev–Trinajstić information content (AvgIpc) is 3.51. The Bertz CT molecular complexity index is 869. The Labute approximate surface area is 256 Å². The number of carbonyl (C=O) groups excluding carboxylic acids is 3. The number of aromatic amines is 1. The predicted octanol–water partition coefficient (Wildman–Crippen LogP) is 3.68. The molecule has 0 aliphatic carbocycles. The van der Waals surface area contributed by atoms with Crippen molar-refractivity contribution in [1.29, 1.82) is 0 Å². The van der Waals surface area contributed by atoms with Crippen molar-refractivity contribution in [1.82, 2.24) is 31.3 Å². The van der Waals surface area contributed by atoms with Crippen LogP contribution in [0, 0.1) is 0 Å². The van der Waals surface area contributed by atoms with Gasteiger partial charge in [0, 0.05) is 32.2 Å². The molecule has 4 N–H and O–H groups in total. The Morgan fingerprint density at radius 3 is 1.98 bits per heavy atom. The summed E-state index contributed by atoms with van der Waals surface area (Å²) in [7, 11) is 0. The first-order valence-corrected chi connectivity index (χ1v) is 16.1. The standard InChI is InChI=1S/C30H54N6O7/c1-2-25(37)24-43-23-22-42-21-20-31-28(38)19-18-26(30(40)41)32-29(39)17-15-13-11-9-7-5-3-4-6-8-10-12-14-16-27-33-35-36-34-27/h26H,2-24H2,1H3,(H,31,38)(H,32,39)(H,40,41)(H,33,34,35,36). The quantitative estimate of drug-likeness (QED) is 0.0936. The molecule has 0 aliphatic heterocycles. The summed E-state index contributed by atoms with van der Waals surface area (Å²) in [6, 6.07) is -1.09. The van der Waals surface area contributed by atoms with Gasteiger partial charge in [-0.2, -0.15) is 5.21 Å². The molecule has 13 heteroatoms. The van der Waals surface area contributed by atoms with Gasteiger partial charge >= 0.3 is 5.97 Å². The third-order valence-corrected chi connectivity index (χ3v) is 7.08. The van der Waals surface area contributed by atoms with Crippen LogP contribution in [-0.2, 0) is 35.1 Å². The lowest BCUT2D eigenvalue weighted by Crippen LogP contribution is -2.41. The number of unbranched alkanes of at least 4 members (excludes halogenated alkanes) is 12. The maximum absolute atomic E-state index is 12.2. The van der Waals surface area contributed by atoms with Crippen LogP contribution >= 0.6 is 0 Å². The van der Waals surface area contributed by atoms with Crippen LogP contribution in [0.15, 0.2) is 0 Å². The van der Waals surface area contributed by atoms with Crippen LogP contribution in [0.25, 0.3) is 0 Å². The highest BCUT2D eigenvalue weighted by molar-refractivity contribution is 5.84. The van der Waals surface area contributed by atoms with E-state index in [1.54, 1.807) is 6.92 Å². The van der Waals surface area contributed by atoms with Crippen molar-refractivity contribution in [3.8, 4) is 0 Å². The van der Waals surface area contributed by atoms with E-state index in [0.29, 0.717) is 26.1 Å². The zero-order valence-electron chi connectivity index (χ0n) is 26.1. The second kappa shape index (κ2) is 26.7. The third-order valence-electron chi connectivity index (χ3n) is 7.08. The van der Waals surface area contributed by atoms with E-state index in [0.717, 1.165) is 44.3 Å². The molecule has 0 saturated carbocycles. The van der Waals surface area contributed by atoms with E-state index < -0.39 is 12.0 Å². The number of hydrogen-bond acceptors (Lipinski definition) is 9. The number of carbonyl (C=O) groups is 4. The van der Waals surface area contributed by atoms with Crippen molar-refractivity contribution >= 4 is 23.6 Å². The maximum atomic E-state index is 12.2. The Morgan fingerprint density at radius 1 is 0.791 bits per heavy atom. The van der Waals surface area contributed by atoms with Gasteiger partial charge in [0.25, 0.3) is 0 Å². The molecule has 1 atom stereocenters. The molecule has 13 nitrogen and oxygen atoms in total. The van der Waals surface area contributed by atoms with Crippen LogP contribution in [0.3, 0.4) is 0 Å². The van der Waals surface area contributed by atoms with Crippen LogP contribution in [-0.4, -0.2) is 88.3 Å². The number of ketones is 1. The van der Waals surface area contributed by atoms with Crippen molar-refractivity contribution in [2.75, 3.05) is 33.0 Å². The number of nitrogens with zero attached hydrogens (tertiary/aromatic N) is 3. The van der Waals surface area contributed by atoms with E-state index in [4.69, 9.17) is 9.47 Å². The van der Waals surface area contributed by atoms with Crippen molar-refractivity contribution in [3.05, 3.63) is 5.82 Å². The zero-order chi connectivity index (χ0) is 31.4. The van der Waals surface area contributed by atoms with Crippen LogP contribution in [0.2, 0.25) is 0 Å². The summed E-state index contributed by atoms with van der Waals surface area (Å²) in [5.41, 5.74) is 0. The third kappa shape index (κ3) is 23.2. The predicted molar refractivity (Wildman–Crippen MR) is 161 cm³/mol. The normalized spacial score (nSPS) is 11.7. The number of hydrogen-bond donors (Lipinski definition) is 4. The minimum absolute atomic E-state index is 0.0118. The molecule has 1 heterocycles. The Hall–Kier alpha value is -2.93. The van der Waals surface area contributed by atoms with Crippen LogP contribution < -0.4 is 10.6 Å². The first kappa shape index (κ1) is 38.1. The van der Waals surface area contributed by atoms with Gasteiger partial charge in [0.2, 0.25) is 11.8 Å². The number of Topliss-reactive ketones (excluding diaryl/α,β-unsaturated/α-hetero) is 1. The average molecular weight is 611 g/mol.